The lowest BCUT2D eigenvalue weighted by Gasteiger charge is -2.42. The maximum absolute atomic E-state index is 5.78. The minimum absolute atomic E-state index is 0.422. The van der Waals surface area contributed by atoms with Gasteiger partial charge in [0.25, 0.3) is 0 Å². The summed E-state index contributed by atoms with van der Waals surface area (Å²) in [7, 11) is 0. The minimum Gasteiger partial charge on any atom is -0.295 e. The van der Waals surface area contributed by atoms with Crippen LogP contribution in [0.2, 0.25) is 0 Å². The van der Waals surface area contributed by atoms with Crippen LogP contribution in [0, 0.1) is 0 Å². The van der Waals surface area contributed by atoms with Gasteiger partial charge >= 0.3 is 0 Å². The van der Waals surface area contributed by atoms with Crippen molar-refractivity contribution in [2.45, 2.75) is 56.7 Å². The maximum atomic E-state index is 5.78. The van der Waals surface area contributed by atoms with Crippen LogP contribution in [-0.2, 0) is 4.84 Å². The SMILES string of the molecule is C[C@]12CCC[C@@H]3C[C@H](C1)ON32. The normalized spacial score (nSPS) is 55.4. The Morgan fingerprint density at radius 2 is 2.45 bits per heavy atom. The lowest BCUT2D eigenvalue weighted by molar-refractivity contribution is -0.176. The molecule has 0 spiro atoms. The van der Waals surface area contributed by atoms with Crippen molar-refractivity contribution in [1.29, 1.82) is 0 Å². The Bertz CT molecular complexity index is 194. The number of hydrogen-bond acceptors (Lipinski definition) is 2. The Morgan fingerprint density at radius 3 is 3.09 bits per heavy atom. The Balaban J connectivity index is 1.97. The van der Waals surface area contributed by atoms with Crippen molar-refractivity contribution in [2.75, 3.05) is 0 Å². The summed E-state index contributed by atoms with van der Waals surface area (Å²) in [5, 5.41) is 2.31. The molecule has 3 aliphatic heterocycles. The summed E-state index contributed by atoms with van der Waals surface area (Å²) in [5.74, 6) is 0. The Kier molecular flexibility index (Phi) is 1.06. The molecule has 0 aliphatic carbocycles. The molecular formula is C9H15NO. The van der Waals surface area contributed by atoms with Crippen molar-refractivity contribution in [3.05, 3.63) is 0 Å². The first-order valence-corrected chi connectivity index (χ1v) is 4.74. The fourth-order valence-corrected chi connectivity index (χ4v) is 3.12. The molecule has 3 fully saturated rings. The van der Waals surface area contributed by atoms with E-state index in [2.05, 4.69) is 12.0 Å². The average molecular weight is 153 g/mol. The fraction of sp³-hybridized carbons (Fsp3) is 1.00. The molecule has 0 amide bonds. The van der Waals surface area contributed by atoms with Gasteiger partial charge in [0.15, 0.2) is 0 Å². The van der Waals surface area contributed by atoms with Crippen molar-refractivity contribution in [1.82, 2.24) is 5.06 Å². The average Bonchev–Trinajstić information content (AvgIpc) is 2.40. The van der Waals surface area contributed by atoms with E-state index < -0.39 is 0 Å². The second kappa shape index (κ2) is 1.80. The van der Waals surface area contributed by atoms with Gasteiger partial charge in [-0.15, -0.1) is 0 Å². The van der Waals surface area contributed by atoms with Gasteiger partial charge in [0.1, 0.15) is 0 Å². The van der Waals surface area contributed by atoms with Gasteiger partial charge in [0.05, 0.1) is 6.10 Å². The monoisotopic (exact) mass is 153 g/mol. The molecule has 11 heavy (non-hydrogen) atoms. The van der Waals surface area contributed by atoms with Gasteiger partial charge < -0.3 is 0 Å². The topological polar surface area (TPSA) is 12.5 Å². The van der Waals surface area contributed by atoms with Gasteiger partial charge in [0, 0.05) is 11.6 Å². The standard InChI is InChI=1S/C9H15NO/c1-9-4-2-3-7-5-8(6-9)11-10(7)9/h7-8H,2-6H2,1H3/t7-,8-,9+/m1/s1. The van der Waals surface area contributed by atoms with Gasteiger partial charge in [-0.1, -0.05) is 0 Å². The van der Waals surface area contributed by atoms with E-state index in [9.17, 15) is 0 Å². The van der Waals surface area contributed by atoms with Crippen molar-refractivity contribution in [3.63, 3.8) is 0 Å². The zero-order valence-electron chi connectivity index (χ0n) is 7.05. The number of fused-ring (bicyclic) bond motifs is 1. The quantitative estimate of drug-likeness (QED) is 0.525. The van der Waals surface area contributed by atoms with E-state index in [0.29, 0.717) is 11.6 Å². The van der Waals surface area contributed by atoms with E-state index in [1.54, 1.807) is 0 Å². The number of piperidine rings is 2. The van der Waals surface area contributed by atoms with E-state index in [4.69, 9.17) is 4.84 Å². The minimum atomic E-state index is 0.422. The molecule has 0 saturated carbocycles. The summed E-state index contributed by atoms with van der Waals surface area (Å²) in [6.07, 6.45) is 7.28. The first-order valence-electron chi connectivity index (χ1n) is 4.74. The van der Waals surface area contributed by atoms with E-state index >= 15 is 0 Å². The second-order valence-electron chi connectivity index (χ2n) is 4.54. The number of hydroxylamine groups is 2. The van der Waals surface area contributed by atoms with Crippen LogP contribution in [0.25, 0.3) is 0 Å². The molecule has 0 aromatic heterocycles. The third-order valence-electron chi connectivity index (χ3n) is 3.58. The molecule has 2 nitrogen and oxygen atoms in total. The highest BCUT2D eigenvalue weighted by atomic mass is 16.7. The lowest BCUT2D eigenvalue weighted by Crippen LogP contribution is -2.50. The molecule has 3 heterocycles. The van der Waals surface area contributed by atoms with Crippen LogP contribution >= 0.6 is 0 Å². The predicted octanol–water partition coefficient (Wildman–Crippen LogP) is 1.71. The zero-order valence-corrected chi connectivity index (χ0v) is 7.05. The number of hydrogen-bond donors (Lipinski definition) is 0. The summed E-state index contributed by atoms with van der Waals surface area (Å²) in [6, 6.07) is 0.771. The van der Waals surface area contributed by atoms with Crippen LogP contribution < -0.4 is 0 Å². The highest BCUT2D eigenvalue weighted by Gasteiger charge is 2.54. The molecule has 2 heteroatoms. The summed E-state index contributed by atoms with van der Waals surface area (Å²) in [6.45, 7) is 2.36. The fourth-order valence-electron chi connectivity index (χ4n) is 3.12. The highest BCUT2D eigenvalue weighted by Crippen LogP contribution is 2.49. The summed E-state index contributed by atoms with van der Waals surface area (Å²) in [5.41, 5.74) is 0.422. The smallest absolute Gasteiger partial charge is 0.0827 e. The van der Waals surface area contributed by atoms with Crippen LogP contribution in [0.5, 0.6) is 0 Å². The largest absolute Gasteiger partial charge is 0.295 e. The van der Waals surface area contributed by atoms with Gasteiger partial charge in [-0.3, -0.25) is 4.84 Å². The Morgan fingerprint density at radius 1 is 1.55 bits per heavy atom. The van der Waals surface area contributed by atoms with Gasteiger partial charge in [-0.25, -0.2) is 0 Å². The maximum Gasteiger partial charge on any atom is 0.0827 e. The van der Waals surface area contributed by atoms with Crippen LogP contribution in [0.15, 0.2) is 0 Å². The molecule has 3 saturated heterocycles. The molecule has 2 bridgehead atoms. The van der Waals surface area contributed by atoms with E-state index in [1.807, 2.05) is 0 Å². The van der Waals surface area contributed by atoms with Gasteiger partial charge in [-0.2, -0.15) is 5.06 Å². The molecule has 0 radical (unpaired) electrons. The predicted molar refractivity (Wildman–Crippen MR) is 42.0 cm³/mol. The molecule has 3 aliphatic rings. The van der Waals surface area contributed by atoms with Crippen molar-refractivity contribution >= 4 is 0 Å². The van der Waals surface area contributed by atoms with Crippen LogP contribution in [0.3, 0.4) is 0 Å². The van der Waals surface area contributed by atoms with Crippen molar-refractivity contribution in [3.8, 4) is 0 Å². The highest BCUT2D eigenvalue weighted by molar-refractivity contribution is 5.02. The molecule has 0 aromatic rings. The molecule has 0 N–H and O–H groups in total. The Hall–Kier alpha value is -0.0800. The third-order valence-corrected chi connectivity index (χ3v) is 3.58. The first kappa shape index (κ1) is 6.44. The summed E-state index contributed by atoms with van der Waals surface area (Å²) >= 11 is 0. The van der Waals surface area contributed by atoms with Crippen LogP contribution in [0.4, 0.5) is 0 Å². The molecule has 3 rings (SSSR count). The second-order valence-corrected chi connectivity index (χ2v) is 4.54. The molecular weight excluding hydrogens is 138 g/mol. The zero-order chi connectivity index (χ0) is 7.47. The Labute approximate surface area is 67.5 Å². The number of nitrogens with zero attached hydrogens (tertiary/aromatic N) is 1. The molecule has 62 valence electrons. The van der Waals surface area contributed by atoms with Gasteiger partial charge in [0.2, 0.25) is 0 Å². The van der Waals surface area contributed by atoms with E-state index in [1.165, 1.54) is 32.1 Å². The molecule has 3 atom stereocenters. The molecule has 0 unspecified atom stereocenters. The molecule has 0 aromatic carbocycles. The summed E-state index contributed by atoms with van der Waals surface area (Å²) in [4.78, 5) is 5.78. The van der Waals surface area contributed by atoms with Crippen molar-refractivity contribution < 1.29 is 4.84 Å². The lowest BCUT2D eigenvalue weighted by atomic mass is 9.78. The van der Waals surface area contributed by atoms with Crippen LogP contribution in [-0.4, -0.2) is 22.7 Å². The van der Waals surface area contributed by atoms with E-state index in [0.717, 1.165) is 6.04 Å². The van der Waals surface area contributed by atoms with E-state index in [-0.39, 0.29) is 0 Å². The van der Waals surface area contributed by atoms with Crippen molar-refractivity contribution in [2.24, 2.45) is 0 Å². The van der Waals surface area contributed by atoms with Gasteiger partial charge in [-0.05, 0) is 39.0 Å². The van der Waals surface area contributed by atoms with Crippen LogP contribution in [0.1, 0.15) is 39.0 Å². The summed E-state index contributed by atoms with van der Waals surface area (Å²) < 4.78 is 0. The first-order chi connectivity index (χ1) is 5.28. The third kappa shape index (κ3) is 0.695. The number of rotatable bonds is 0.